The number of hydrogen-bond acceptors (Lipinski definition) is 4. The Balaban J connectivity index is 1.78. The molecule has 3 aromatic rings. The molecule has 2 aliphatic rings. The summed E-state index contributed by atoms with van der Waals surface area (Å²) in [4.78, 5) is 27.5. The van der Waals surface area contributed by atoms with Crippen molar-refractivity contribution >= 4 is 17.6 Å². The van der Waals surface area contributed by atoms with Gasteiger partial charge < -0.3 is 19.5 Å². The third-order valence-corrected chi connectivity index (χ3v) is 7.60. The van der Waals surface area contributed by atoms with Gasteiger partial charge in [0, 0.05) is 23.4 Å². The van der Waals surface area contributed by atoms with Gasteiger partial charge in [0.15, 0.2) is 17.7 Å². The van der Waals surface area contributed by atoms with Crippen molar-refractivity contribution in [3.05, 3.63) is 81.2 Å². The first-order chi connectivity index (χ1) is 19.3. The van der Waals surface area contributed by atoms with E-state index in [1.807, 2.05) is 6.92 Å². The molecule has 2 heterocycles. The lowest BCUT2D eigenvalue weighted by Gasteiger charge is -2.30. The third kappa shape index (κ3) is 5.19. The van der Waals surface area contributed by atoms with Gasteiger partial charge in [-0.25, -0.2) is 18.0 Å². The Hall–Kier alpha value is -3.85. The molecule has 0 spiro atoms. The molecule has 5 rings (SSSR count). The maximum atomic E-state index is 15.5. The fourth-order valence-corrected chi connectivity index (χ4v) is 5.86. The number of fused-ring (bicyclic) bond motifs is 2. The van der Waals surface area contributed by atoms with Gasteiger partial charge in [-0.3, -0.25) is 4.79 Å². The maximum absolute atomic E-state index is 15.5. The number of aryl methyl sites for hydroxylation is 1. The zero-order valence-corrected chi connectivity index (χ0v) is 23.7. The first-order valence-electron chi connectivity index (χ1n) is 13.6. The van der Waals surface area contributed by atoms with E-state index >= 15 is 4.39 Å². The number of carboxylic acids is 1. The van der Waals surface area contributed by atoms with Crippen LogP contribution in [0.2, 0.25) is 0 Å². The van der Waals surface area contributed by atoms with Crippen LogP contribution in [0, 0.1) is 31.3 Å². The Morgan fingerprint density at radius 2 is 1.76 bits per heavy atom. The van der Waals surface area contributed by atoms with E-state index in [4.69, 9.17) is 9.47 Å². The minimum absolute atomic E-state index is 0.146. The zero-order chi connectivity index (χ0) is 29.8. The number of hydrogen-bond donors (Lipinski definition) is 1. The van der Waals surface area contributed by atoms with Crippen molar-refractivity contribution in [1.82, 2.24) is 0 Å². The van der Waals surface area contributed by atoms with Crippen molar-refractivity contribution in [3.63, 3.8) is 0 Å². The minimum atomic E-state index is -1.39. The van der Waals surface area contributed by atoms with Crippen LogP contribution in [0.25, 0.3) is 11.1 Å². The van der Waals surface area contributed by atoms with Crippen LogP contribution < -0.4 is 9.64 Å². The number of rotatable bonds is 5. The van der Waals surface area contributed by atoms with Crippen LogP contribution in [0.3, 0.4) is 0 Å². The van der Waals surface area contributed by atoms with Crippen LogP contribution >= 0.6 is 0 Å². The summed E-state index contributed by atoms with van der Waals surface area (Å²) in [6.07, 6.45) is 0.203. The molecule has 0 unspecified atom stereocenters. The number of aliphatic carboxylic acids is 1. The Kier molecular flexibility index (Phi) is 7.36. The number of amides is 1. The number of carbonyl (C=O) groups is 2. The molecule has 6 nitrogen and oxygen atoms in total. The van der Waals surface area contributed by atoms with Crippen molar-refractivity contribution in [2.75, 3.05) is 18.1 Å². The Labute approximate surface area is 236 Å². The van der Waals surface area contributed by atoms with Crippen molar-refractivity contribution in [1.29, 1.82) is 0 Å². The number of nitrogens with zero attached hydrogens (tertiary/aromatic N) is 1. The van der Waals surface area contributed by atoms with E-state index in [1.54, 1.807) is 33.8 Å². The van der Waals surface area contributed by atoms with Crippen LogP contribution in [0.4, 0.5) is 18.9 Å². The molecule has 0 bridgehead atoms. The zero-order valence-electron chi connectivity index (χ0n) is 23.7. The van der Waals surface area contributed by atoms with Gasteiger partial charge in [0.2, 0.25) is 0 Å². The molecule has 0 saturated carbocycles. The highest BCUT2D eigenvalue weighted by Crippen LogP contribution is 2.48. The second-order valence-electron chi connectivity index (χ2n) is 11.5. The van der Waals surface area contributed by atoms with E-state index < -0.39 is 46.6 Å². The number of carboxylic acid groups (broad SMARTS) is 1. The smallest absolute Gasteiger partial charge is 0.337 e. The minimum Gasteiger partial charge on any atom is -0.490 e. The number of anilines is 1. The molecule has 3 aromatic carbocycles. The lowest BCUT2D eigenvalue weighted by Crippen LogP contribution is -2.30. The van der Waals surface area contributed by atoms with Crippen LogP contribution in [-0.2, 0) is 22.4 Å². The Morgan fingerprint density at radius 3 is 2.44 bits per heavy atom. The second kappa shape index (κ2) is 10.5. The average molecular weight is 568 g/mol. The molecule has 2 aliphatic heterocycles. The lowest BCUT2D eigenvalue weighted by molar-refractivity contribution is -0.160. The summed E-state index contributed by atoms with van der Waals surface area (Å²) < 4.78 is 55.7. The Bertz CT molecular complexity index is 1580. The Morgan fingerprint density at radius 1 is 1.02 bits per heavy atom. The third-order valence-electron chi connectivity index (χ3n) is 7.60. The number of carbonyl (C=O) groups excluding carboxylic acids is 1. The van der Waals surface area contributed by atoms with E-state index in [-0.39, 0.29) is 18.7 Å². The highest BCUT2D eigenvalue weighted by molar-refractivity contribution is 6.08. The number of halogens is 3. The summed E-state index contributed by atoms with van der Waals surface area (Å²) >= 11 is 0. The van der Waals surface area contributed by atoms with E-state index in [1.165, 1.54) is 11.0 Å². The normalized spacial score (nSPS) is 15.3. The molecule has 0 aromatic heterocycles. The topological polar surface area (TPSA) is 76.1 Å². The summed E-state index contributed by atoms with van der Waals surface area (Å²) in [5.74, 6) is -3.89. The predicted molar refractivity (Wildman–Crippen MR) is 148 cm³/mol. The first kappa shape index (κ1) is 28.7. The van der Waals surface area contributed by atoms with Crippen LogP contribution in [-0.4, -0.2) is 35.7 Å². The SMILES string of the molecule is Cc1cc2c(c(-c3cc(F)c4c(c3C)CCCO4)c1[C@H](OC(C)(C)C)C(=O)O)CCN2C(=O)c1cc(F)ccc1F. The van der Waals surface area contributed by atoms with Gasteiger partial charge in [0.05, 0.1) is 17.8 Å². The summed E-state index contributed by atoms with van der Waals surface area (Å²) in [7, 11) is 0. The first-order valence-corrected chi connectivity index (χ1v) is 13.6. The van der Waals surface area contributed by atoms with E-state index in [0.29, 0.717) is 58.5 Å². The second-order valence-corrected chi connectivity index (χ2v) is 11.5. The molecule has 1 N–H and O–H groups in total. The molecule has 0 aliphatic carbocycles. The molecule has 41 heavy (non-hydrogen) atoms. The summed E-state index contributed by atoms with van der Waals surface area (Å²) in [5.41, 5.74) is 3.08. The van der Waals surface area contributed by atoms with Gasteiger partial charge in [0.1, 0.15) is 11.6 Å². The number of ether oxygens (including phenoxy) is 2. The van der Waals surface area contributed by atoms with Crippen molar-refractivity contribution < 1.29 is 37.3 Å². The maximum Gasteiger partial charge on any atom is 0.337 e. The fourth-order valence-electron chi connectivity index (χ4n) is 5.86. The molecular formula is C32H32F3NO5. The highest BCUT2D eigenvalue weighted by atomic mass is 19.1. The van der Waals surface area contributed by atoms with Crippen molar-refractivity contribution in [3.8, 4) is 16.9 Å². The van der Waals surface area contributed by atoms with Crippen LogP contribution in [0.5, 0.6) is 5.75 Å². The van der Waals surface area contributed by atoms with E-state index in [0.717, 1.165) is 23.8 Å². The monoisotopic (exact) mass is 567 g/mol. The van der Waals surface area contributed by atoms with Crippen molar-refractivity contribution in [2.45, 2.75) is 65.6 Å². The summed E-state index contributed by atoms with van der Waals surface area (Å²) in [6.45, 7) is 9.36. The molecule has 0 fully saturated rings. The molecule has 9 heteroatoms. The molecule has 216 valence electrons. The molecule has 0 radical (unpaired) electrons. The van der Waals surface area contributed by atoms with E-state index in [9.17, 15) is 23.5 Å². The summed E-state index contributed by atoms with van der Waals surface area (Å²) in [6, 6.07) is 5.73. The quantitative estimate of drug-likeness (QED) is 0.365. The van der Waals surface area contributed by atoms with E-state index in [2.05, 4.69) is 0 Å². The average Bonchev–Trinajstić information content (AvgIpc) is 3.32. The van der Waals surface area contributed by atoms with Gasteiger partial charge in [-0.05, 0) is 112 Å². The summed E-state index contributed by atoms with van der Waals surface area (Å²) in [5, 5.41) is 10.3. The van der Waals surface area contributed by atoms with Gasteiger partial charge in [-0.2, -0.15) is 0 Å². The predicted octanol–water partition coefficient (Wildman–Crippen LogP) is 6.86. The van der Waals surface area contributed by atoms with Gasteiger partial charge in [-0.1, -0.05) is 0 Å². The van der Waals surface area contributed by atoms with Crippen LogP contribution in [0.1, 0.15) is 71.5 Å². The van der Waals surface area contributed by atoms with Gasteiger partial charge in [0.25, 0.3) is 5.91 Å². The van der Waals surface area contributed by atoms with Crippen molar-refractivity contribution in [2.24, 2.45) is 0 Å². The molecule has 1 amide bonds. The largest absolute Gasteiger partial charge is 0.490 e. The van der Waals surface area contributed by atoms with Crippen LogP contribution in [0.15, 0.2) is 30.3 Å². The molecule has 0 saturated heterocycles. The lowest BCUT2D eigenvalue weighted by atomic mass is 9.83. The number of benzene rings is 3. The van der Waals surface area contributed by atoms with Gasteiger partial charge in [-0.15, -0.1) is 0 Å². The van der Waals surface area contributed by atoms with Gasteiger partial charge >= 0.3 is 5.97 Å². The molecule has 1 atom stereocenters. The fraction of sp³-hybridized carbons (Fsp3) is 0.375. The molecular weight excluding hydrogens is 535 g/mol. The highest BCUT2D eigenvalue weighted by Gasteiger charge is 2.37. The standard InChI is InChI=1S/C32H32F3NO5/c1-16-13-25-20(10-11-36(25)30(37)22-14-18(33)8-9-23(22)34)27(26(16)29(31(38)39)41-32(3,4)5)21-15-24(35)28-19(17(21)2)7-6-12-40-28/h8-9,13-15,29H,6-7,10-12H2,1-5H3,(H,38,39)/t29-/m0/s1.